The molecule has 0 saturated carbocycles. The summed E-state index contributed by atoms with van der Waals surface area (Å²) in [6, 6.07) is 9.12. The van der Waals surface area contributed by atoms with Crippen molar-refractivity contribution in [2.45, 2.75) is 6.04 Å². The molecule has 16 heavy (non-hydrogen) atoms. The van der Waals surface area contributed by atoms with Crippen molar-refractivity contribution in [1.29, 1.82) is 0 Å². The topological polar surface area (TPSA) is 61.1 Å². The van der Waals surface area contributed by atoms with E-state index in [2.05, 4.69) is 15.0 Å². The van der Waals surface area contributed by atoms with Crippen molar-refractivity contribution in [3.63, 3.8) is 0 Å². The summed E-state index contributed by atoms with van der Waals surface area (Å²) in [5.41, 5.74) is 10.0. The summed E-state index contributed by atoms with van der Waals surface area (Å²) < 4.78 is 0. The van der Waals surface area contributed by atoms with Crippen molar-refractivity contribution in [2.75, 3.05) is 0 Å². The van der Waals surface area contributed by atoms with Crippen LogP contribution in [0.1, 0.15) is 0 Å². The minimum absolute atomic E-state index is 0.310. The average molecular weight is 210 g/mol. The molecule has 0 amide bonds. The van der Waals surface area contributed by atoms with Crippen LogP contribution in [0, 0.1) is 0 Å². The van der Waals surface area contributed by atoms with Gasteiger partial charge in [-0.05, 0) is 18.2 Å². The van der Waals surface area contributed by atoms with Gasteiger partial charge in [0.05, 0.1) is 5.69 Å². The molecule has 0 N–H and O–H groups in total. The zero-order valence-corrected chi connectivity index (χ0v) is 8.56. The lowest BCUT2D eigenvalue weighted by molar-refractivity contribution is -0.00672. The highest BCUT2D eigenvalue weighted by Gasteiger charge is 2.18. The van der Waals surface area contributed by atoms with Crippen LogP contribution in [-0.4, -0.2) is 16.5 Å². The molecule has 0 saturated heterocycles. The van der Waals surface area contributed by atoms with E-state index in [1.807, 2.05) is 42.5 Å². The van der Waals surface area contributed by atoms with Gasteiger partial charge in [-0.25, -0.2) is 0 Å². The molecule has 0 bridgehead atoms. The summed E-state index contributed by atoms with van der Waals surface area (Å²) in [5.74, 6) is 0. The Morgan fingerprint density at radius 2 is 1.94 bits per heavy atom. The van der Waals surface area contributed by atoms with Crippen molar-refractivity contribution < 1.29 is 4.79 Å². The molecule has 1 aromatic rings. The minimum atomic E-state index is -0.310. The van der Waals surface area contributed by atoms with E-state index >= 15 is 0 Å². The molecule has 2 rings (SSSR count). The number of allylic oxidation sites excluding steroid dienone is 2. The fourth-order valence-corrected chi connectivity index (χ4v) is 1.33. The summed E-state index contributed by atoms with van der Waals surface area (Å²) in [5, 5.41) is 8.18. The Balaban J connectivity index is 2.16. The number of nitrogens with zero attached hydrogens (tertiary/aromatic N) is 4. The normalized spacial score (nSPS) is 19.0. The van der Waals surface area contributed by atoms with Crippen LogP contribution in [0.3, 0.4) is 0 Å². The van der Waals surface area contributed by atoms with E-state index in [4.69, 9.17) is 5.53 Å². The number of azo groups is 1. The van der Waals surface area contributed by atoms with Gasteiger partial charge in [0.1, 0.15) is 0 Å². The van der Waals surface area contributed by atoms with Crippen LogP contribution in [0.15, 0.2) is 64.9 Å². The Morgan fingerprint density at radius 1 is 1.12 bits per heavy atom. The molecular formula is C12H10N4. The zero-order valence-electron chi connectivity index (χ0n) is 8.56. The Bertz CT molecular complexity index is 493. The molecule has 0 aromatic heterocycles. The third-order valence-electron chi connectivity index (χ3n) is 2.14. The Labute approximate surface area is 93.3 Å². The minimum Gasteiger partial charge on any atom is -0.361 e. The van der Waals surface area contributed by atoms with Crippen molar-refractivity contribution >= 4 is 11.4 Å². The van der Waals surface area contributed by atoms with E-state index in [9.17, 15) is 0 Å². The van der Waals surface area contributed by atoms with E-state index in [-0.39, 0.29) is 6.04 Å². The van der Waals surface area contributed by atoms with Crippen LogP contribution in [0.2, 0.25) is 0 Å². The van der Waals surface area contributed by atoms with E-state index in [1.54, 1.807) is 12.2 Å². The van der Waals surface area contributed by atoms with Crippen LogP contribution < -0.4 is 0 Å². The van der Waals surface area contributed by atoms with Gasteiger partial charge in [0.2, 0.25) is 0 Å². The smallest absolute Gasteiger partial charge is 0.322 e. The predicted octanol–water partition coefficient (Wildman–Crippen LogP) is 2.94. The molecule has 1 aliphatic carbocycles. The van der Waals surface area contributed by atoms with Crippen molar-refractivity contribution in [3.05, 3.63) is 60.2 Å². The standard InChI is InChI=1S/C12H10N4/c13-14-11-8-4-5-9-12(11)16-15-10-6-2-1-3-7-10/h1-9,12H. The molecule has 1 unspecified atom stereocenters. The quantitative estimate of drug-likeness (QED) is 0.532. The van der Waals surface area contributed by atoms with Gasteiger partial charge >= 0.3 is 5.71 Å². The Kier molecular flexibility index (Phi) is 3.16. The largest absolute Gasteiger partial charge is 0.361 e. The van der Waals surface area contributed by atoms with Crippen molar-refractivity contribution in [2.24, 2.45) is 10.2 Å². The van der Waals surface area contributed by atoms with Gasteiger partial charge < -0.3 is 5.53 Å². The third-order valence-corrected chi connectivity index (χ3v) is 2.14. The van der Waals surface area contributed by atoms with Gasteiger partial charge in [-0.2, -0.15) is 15.0 Å². The fourth-order valence-electron chi connectivity index (χ4n) is 1.33. The second-order valence-corrected chi connectivity index (χ2v) is 3.26. The fraction of sp³-hybridized carbons (Fsp3) is 0.0833. The molecular weight excluding hydrogens is 200 g/mol. The summed E-state index contributed by atoms with van der Waals surface area (Å²) in [7, 11) is 0. The molecule has 0 radical (unpaired) electrons. The molecule has 1 aliphatic rings. The van der Waals surface area contributed by atoms with Crippen molar-refractivity contribution in [3.8, 4) is 0 Å². The van der Waals surface area contributed by atoms with Gasteiger partial charge in [-0.15, -0.1) is 0 Å². The molecule has 0 aliphatic heterocycles. The SMILES string of the molecule is [N-]=[N+]=C1C=CC=CC1N=Nc1ccccc1. The second-order valence-electron chi connectivity index (χ2n) is 3.26. The summed E-state index contributed by atoms with van der Waals surface area (Å²) in [6.45, 7) is 0. The lowest BCUT2D eigenvalue weighted by atomic mass is 10.1. The molecule has 0 heterocycles. The zero-order chi connectivity index (χ0) is 11.2. The number of hydrogen-bond donors (Lipinski definition) is 0. The monoisotopic (exact) mass is 210 g/mol. The van der Waals surface area contributed by atoms with Gasteiger partial charge in [0, 0.05) is 6.08 Å². The Hall–Kier alpha value is -2.32. The molecule has 0 fully saturated rings. The molecule has 1 aromatic carbocycles. The lowest BCUT2D eigenvalue weighted by Crippen LogP contribution is -2.16. The lowest BCUT2D eigenvalue weighted by Gasteiger charge is -2.00. The van der Waals surface area contributed by atoms with E-state index in [1.165, 1.54) is 0 Å². The van der Waals surface area contributed by atoms with Crippen LogP contribution in [0.5, 0.6) is 0 Å². The summed E-state index contributed by atoms with van der Waals surface area (Å²) in [6.07, 6.45) is 7.17. The Morgan fingerprint density at radius 3 is 2.69 bits per heavy atom. The van der Waals surface area contributed by atoms with Gasteiger partial charge in [0.25, 0.3) is 0 Å². The highest BCUT2D eigenvalue weighted by molar-refractivity contribution is 5.97. The van der Waals surface area contributed by atoms with Gasteiger partial charge in [0.15, 0.2) is 6.04 Å². The first kappa shape index (κ1) is 10.2. The van der Waals surface area contributed by atoms with Crippen LogP contribution in [0.25, 0.3) is 5.53 Å². The van der Waals surface area contributed by atoms with Crippen LogP contribution in [-0.2, 0) is 0 Å². The second kappa shape index (κ2) is 4.96. The van der Waals surface area contributed by atoms with Crippen LogP contribution >= 0.6 is 0 Å². The van der Waals surface area contributed by atoms with Crippen molar-refractivity contribution in [1.82, 2.24) is 0 Å². The van der Waals surface area contributed by atoms with Crippen LogP contribution in [0.4, 0.5) is 5.69 Å². The van der Waals surface area contributed by atoms with E-state index in [0.717, 1.165) is 5.69 Å². The first-order valence-electron chi connectivity index (χ1n) is 4.93. The number of hydrogen-bond acceptors (Lipinski definition) is 2. The first-order valence-corrected chi connectivity index (χ1v) is 4.93. The maximum atomic E-state index is 8.76. The average Bonchev–Trinajstić information content (AvgIpc) is 2.38. The van der Waals surface area contributed by atoms with E-state index < -0.39 is 0 Å². The summed E-state index contributed by atoms with van der Waals surface area (Å²) >= 11 is 0. The van der Waals surface area contributed by atoms with Gasteiger partial charge in [-0.3, -0.25) is 0 Å². The summed E-state index contributed by atoms with van der Waals surface area (Å²) in [4.78, 5) is 3.17. The molecule has 0 spiro atoms. The molecule has 4 heteroatoms. The third kappa shape index (κ3) is 2.38. The van der Waals surface area contributed by atoms with Gasteiger partial charge in [-0.1, -0.05) is 30.4 Å². The number of rotatable bonds is 2. The molecule has 78 valence electrons. The molecule has 4 nitrogen and oxygen atoms in total. The highest BCUT2D eigenvalue weighted by Crippen LogP contribution is 2.13. The maximum absolute atomic E-state index is 8.76. The first-order chi connectivity index (χ1) is 7.90. The molecule has 1 atom stereocenters. The maximum Gasteiger partial charge on any atom is 0.322 e. The number of benzene rings is 1. The van der Waals surface area contributed by atoms with E-state index in [0.29, 0.717) is 5.71 Å². The highest BCUT2D eigenvalue weighted by atomic mass is 15.1. The predicted molar refractivity (Wildman–Crippen MR) is 61.7 cm³/mol.